The molecule has 2 aromatic heterocycles. The van der Waals surface area contributed by atoms with Gasteiger partial charge < -0.3 is 5.11 Å². The molecule has 0 atom stereocenters. The number of sulfonamides is 1. The lowest BCUT2D eigenvalue weighted by Gasteiger charge is -2.02. The average Bonchev–Trinajstić information content (AvgIpc) is 2.96. The summed E-state index contributed by atoms with van der Waals surface area (Å²) in [7, 11) is -3.57. The topological polar surface area (TPSA) is 84.2 Å². The van der Waals surface area contributed by atoms with Crippen LogP contribution in [0.4, 0.5) is 0 Å². The van der Waals surface area contributed by atoms with E-state index in [9.17, 15) is 8.42 Å². The molecule has 0 fully saturated rings. The van der Waals surface area contributed by atoms with Crippen LogP contribution >= 0.6 is 11.3 Å². The average molecular weight is 315 g/mol. The van der Waals surface area contributed by atoms with Crippen molar-refractivity contribution in [3.8, 4) is 0 Å². The molecule has 0 aliphatic heterocycles. The summed E-state index contributed by atoms with van der Waals surface area (Å²) in [5.41, 5.74) is 1.17. The van der Waals surface area contributed by atoms with E-state index in [1.54, 1.807) is 11.3 Å². The molecule has 0 radical (unpaired) electrons. The predicted molar refractivity (Wildman–Crippen MR) is 77.1 cm³/mol. The summed E-state index contributed by atoms with van der Waals surface area (Å²) in [6, 6.07) is 1.98. The normalized spacial score (nSPS) is 11.9. The zero-order valence-corrected chi connectivity index (χ0v) is 13.0. The number of hydrogen-bond acceptors (Lipinski definition) is 5. The van der Waals surface area contributed by atoms with Gasteiger partial charge in [0.1, 0.15) is 4.90 Å². The number of nitrogens with one attached hydrogen (secondary N) is 1. The Morgan fingerprint density at radius 3 is 2.80 bits per heavy atom. The Morgan fingerprint density at radius 2 is 2.20 bits per heavy atom. The van der Waals surface area contributed by atoms with Crippen LogP contribution in [0.15, 0.2) is 23.4 Å². The first-order valence-electron chi connectivity index (χ1n) is 6.11. The summed E-state index contributed by atoms with van der Waals surface area (Å²) in [6.07, 6.45) is 2.69. The molecule has 2 heterocycles. The zero-order chi connectivity index (χ0) is 14.8. The van der Waals surface area contributed by atoms with Crippen molar-refractivity contribution in [3.63, 3.8) is 0 Å². The van der Waals surface area contributed by atoms with E-state index in [1.807, 2.05) is 19.9 Å². The number of hydrogen-bond donors (Lipinski definition) is 2. The number of nitrogens with zero attached hydrogens (tertiary/aromatic N) is 2. The number of aliphatic hydroxyl groups excluding tert-OH is 1. The van der Waals surface area contributed by atoms with Crippen molar-refractivity contribution in [2.75, 3.05) is 6.61 Å². The van der Waals surface area contributed by atoms with E-state index in [1.165, 1.54) is 27.5 Å². The van der Waals surface area contributed by atoms with E-state index in [-0.39, 0.29) is 24.6 Å². The highest BCUT2D eigenvalue weighted by atomic mass is 32.2. The van der Waals surface area contributed by atoms with Gasteiger partial charge in [0.15, 0.2) is 0 Å². The van der Waals surface area contributed by atoms with Crippen molar-refractivity contribution >= 4 is 21.4 Å². The summed E-state index contributed by atoms with van der Waals surface area (Å²) >= 11 is 1.58. The molecule has 0 aromatic carbocycles. The van der Waals surface area contributed by atoms with Gasteiger partial charge in [-0.15, -0.1) is 11.3 Å². The first-order chi connectivity index (χ1) is 9.42. The van der Waals surface area contributed by atoms with Gasteiger partial charge in [0.25, 0.3) is 0 Å². The monoisotopic (exact) mass is 315 g/mol. The van der Waals surface area contributed by atoms with Crippen molar-refractivity contribution in [2.24, 2.45) is 0 Å². The van der Waals surface area contributed by atoms with Crippen LogP contribution in [0.2, 0.25) is 0 Å². The van der Waals surface area contributed by atoms with Gasteiger partial charge in [-0.2, -0.15) is 5.10 Å². The smallest absolute Gasteiger partial charge is 0.244 e. The lowest BCUT2D eigenvalue weighted by Crippen LogP contribution is -2.22. The number of aliphatic hydroxyl groups is 1. The predicted octanol–water partition coefficient (Wildman–Crippen LogP) is 1.03. The molecule has 2 rings (SSSR count). The van der Waals surface area contributed by atoms with Gasteiger partial charge in [-0.05, 0) is 25.5 Å². The zero-order valence-electron chi connectivity index (χ0n) is 11.3. The van der Waals surface area contributed by atoms with Gasteiger partial charge in [0.05, 0.1) is 19.3 Å². The molecule has 0 aliphatic rings. The van der Waals surface area contributed by atoms with Gasteiger partial charge in [-0.3, -0.25) is 4.68 Å². The second kappa shape index (κ2) is 6.04. The van der Waals surface area contributed by atoms with Gasteiger partial charge in [0.2, 0.25) is 10.0 Å². The summed E-state index contributed by atoms with van der Waals surface area (Å²) in [5, 5.41) is 12.7. The molecule has 2 aromatic rings. The number of thiophene rings is 1. The third kappa shape index (κ3) is 3.45. The van der Waals surface area contributed by atoms with E-state index >= 15 is 0 Å². The summed E-state index contributed by atoms with van der Waals surface area (Å²) < 4.78 is 28.1. The van der Waals surface area contributed by atoms with Crippen LogP contribution in [0, 0.1) is 13.8 Å². The Morgan fingerprint density at radius 1 is 1.45 bits per heavy atom. The maximum Gasteiger partial charge on any atom is 0.244 e. The Labute approximate surface area is 122 Å². The molecule has 0 aliphatic carbocycles. The molecule has 8 heteroatoms. The highest BCUT2D eigenvalue weighted by Gasteiger charge is 2.16. The van der Waals surface area contributed by atoms with Crippen LogP contribution < -0.4 is 4.72 Å². The molecule has 20 heavy (non-hydrogen) atoms. The van der Waals surface area contributed by atoms with Crippen molar-refractivity contribution in [3.05, 3.63) is 33.8 Å². The highest BCUT2D eigenvalue weighted by Crippen LogP contribution is 2.20. The molecule has 0 saturated heterocycles. The van der Waals surface area contributed by atoms with Gasteiger partial charge in [-0.25, -0.2) is 13.1 Å². The second-order valence-corrected chi connectivity index (χ2v) is 7.55. The molecular weight excluding hydrogens is 298 g/mol. The van der Waals surface area contributed by atoms with Crippen LogP contribution in [-0.4, -0.2) is 29.9 Å². The quantitative estimate of drug-likeness (QED) is 0.834. The standard InChI is InChI=1S/C12H17N3O3S2/c1-9-5-11(19-10(9)2)6-14-20(17,18)12-7-13-15(8-12)3-4-16/h5,7-8,14,16H,3-4,6H2,1-2H3. The van der Waals surface area contributed by atoms with Crippen molar-refractivity contribution in [2.45, 2.75) is 31.8 Å². The van der Waals surface area contributed by atoms with E-state index in [4.69, 9.17) is 5.11 Å². The molecule has 0 unspecified atom stereocenters. The Kier molecular flexibility index (Phi) is 4.59. The van der Waals surface area contributed by atoms with Crippen molar-refractivity contribution < 1.29 is 13.5 Å². The minimum Gasteiger partial charge on any atom is -0.394 e. The van der Waals surface area contributed by atoms with Gasteiger partial charge in [0, 0.05) is 22.5 Å². The highest BCUT2D eigenvalue weighted by molar-refractivity contribution is 7.89. The third-order valence-electron chi connectivity index (χ3n) is 2.90. The third-order valence-corrected chi connectivity index (χ3v) is 5.41. The van der Waals surface area contributed by atoms with Crippen molar-refractivity contribution in [1.82, 2.24) is 14.5 Å². The second-order valence-electron chi connectivity index (χ2n) is 4.44. The van der Waals surface area contributed by atoms with Crippen LogP contribution in [-0.2, 0) is 23.1 Å². The summed E-state index contributed by atoms with van der Waals surface area (Å²) in [6.45, 7) is 4.48. The Bertz CT molecular complexity index is 669. The fraction of sp³-hybridized carbons (Fsp3) is 0.417. The number of rotatable bonds is 6. The van der Waals surface area contributed by atoms with Crippen LogP contribution in [0.3, 0.4) is 0 Å². The number of aryl methyl sites for hydroxylation is 2. The molecule has 110 valence electrons. The molecule has 0 saturated carbocycles. The first kappa shape index (κ1) is 15.2. The van der Waals surface area contributed by atoms with E-state index < -0.39 is 10.0 Å². The molecule has 0 spiro atoms. The Hall–Kier alpha value is -1.22. The lowest BCUT2D eigenvalue weighted by atomic mass is 10.3. The van der Waals surface area contributed by atoms with E-state index in [2.05, 4.69) is 9.82 Å². The van der Waals surface area contributed by atoms with E-state index in [0.29, 0.717) is 0 Å². The summed E-state index contributed by atoms with van der Waals surface area (Å²) in [4.78, 5) is 2.28. The SMILES string of the molecule is Cc1cc(CNS(=O)(=O)c2cnn(CCO)c2)sc1C. The molecule has 0 bridgehead atoms. The number of aromatic nitrogens is 2. The van der Waals surface area contributed by atoms with E-state index in [0.717, 1.165) is 4.88 Å². The van der Waals surface area contributed by atoms with Crippen molar-refractivity contribution in [1.29, 1.82) is 0 Å². The maximum atomic E-state index is 12.1. The van der Waals surface area contributed by atoms with Gasteiger partial charge in [-0.1, -0.05) is 0 Å². The minimum absolute atomic E-state index is 0.0810. The Balaban J connectivity index is 2.06. The largest absolute Gasteiger partial charge is 0.394 e. The molecular formula is C12H17N3O3S2. The summed E-state index contributed by atoms with van der Waals surface area (Å²) in [5.74, 6) is 0. The molecule has 6 nitrogen and oxygen atoms in total. The van der Waals surface area contributed by atoms with Crippen LogP contribution in [0.5, 0.6) is 0 Å². The van der Waals surface area contributed by atoms with Crippen LogP contribution in [0.25, 0.3) is 0 Å². The fourth-order valence-corrected chi connectivity index (χ4v) is 3.74. The van der Waals surface area contributed by atoms with Gasteiger partial charge >= 0.3 is 0 Å². The lowest BCUT2D eigenvalue weighted by molar-refractivity contribution is 0.269. The maximum absolute atomic E-state index is 12.1. The minimum atomic E-state index is -3.57. The first-order valence-corrected chi connectivity index (χ1v) is 8.41. The van der Waals surface area contributed by atoms with Crippen LogP contribution in [0.1, 0.15) is 15.3 Å². The molecule has 0 amide bonds. The fourth-order valence-electron chi connectivity index (χ4n) is 1.69. The molecule has 2 N–H and O–H groups in total.